The van der Waals surface area contributed by atoms with Crippen LogP contribution in [0, 0.1) is 30.1 Å². The maximum absolute atomic E-state index is 12.9. The van der Waals surface area contributed by atoms with Crippen molar-refractivity contribution in [3.05, 3.63) is 59.0 Å². The van der Waals surface area contributed by atoms with Crippen molar-refractivity contribution in [2.24, 2.45) is 23.2 Å². The van der Waals surface area contributed by atoms with Gasteiger partial charge >= 0.3 is 0 Å². The molecular formula is C26H33NO3S. The lowest BCUT2D eigenvalue weighted by Crippen LogP contribution is -2.55. The van der Waals surface area contributed by atoms with Crippen LogP contribution in [-0.4, -0.2) is 16.2 Å². The number of nitrogens with one attached hydrogen (secondary N) is 1. The van der Waals surface area contributed by atoms with E-state index in [0.717, 1.165) is 23.3 Å². The van der Waals surface area contributed by atoms with Gasteiger partial charge in [0.15, 0.2) is 5.76 Å². The quantitative estimate of drug-likeness (QED) is 0.631. The molecule has 4 aliphatic rings. The zero-order valence-corrected chi connectivity index (χ0v) is 19.4. The van der Waals surface area contributed by atoms with Gasteiger partial charge in [-0.05, 0) is 93.2 Å². The van der Waals surface area contributed by atoms with Crippen LogP contribution in [-0.2, 0) is 22.3 Å². The van der Waals surface area contributed by atoms with Gasteiger partial charge in [0.25, 0.3) is 5.91 Å². The summed E-state index contributed by atoms with van der Waals surface area (Å²) in [6.45, 7) is 4.23. The van der Waals surface area contributed by atoms with Gasteiger partial charge in [-0.2, -0.15) is 0 Å². The van der Waals surface area contributed by atoms with Gasteiger partial charge in [-0.25, -0.2) is 0 Å². The minimum atomic E-state index is -1.07. The minimum absolute atomic E-state index is 0.140. The van der Waals surface area contributed by atoms with Crippen molar-refractivity contribution in [3.63, 3.8) is 0 Å². The van der Waals surface area contributed by atoms with Crippen molar-refractivity contribution in [1.29, 1.82) is 0 Å². The van der Waals surface area contributed by atoms with E-state index in [9.17, 15) is 9.00 Å². The van der Waals surface area contributed by atoms with Crippen LogP contribution in [0.1, 0.15) is 72.9 Å². The second kappa shape index (κ2) is 8.23. The summed E-state index contributed by atoms with van der Waals surface area (Å²) in [7, 11) is -1.07. The van der Waals surface area contributed by atoms with Gasteiger partial charge in [0.05, 0.1) is 5.75 Å². The SMILES string of the molecule is Cc1ccc(C[S@](=O)Cc2ccc(C(=O)N[C@H](C)C34CC5CC(CC(C5)C3)C4)o2)cc1. The molecule has 5 heteroatoms. The molecule has 1 aromatic carbocycles. The predicted molar refractivity (Wildman–Crippen MR) is 123 cm³/mol. The maximum Gasteiger partial charge on any atom is 0.287 e. The summed E-state index contributed by atoms with van der Waals surface area (Å²) in [5.41, 5.74) is 2.52. The molecule has 1 heterocycles. The molecule has 4 saturated carbocycles. The molecule has 1 N–H and O–H groups in total. The number of furan rings is 1. The zero-order valence-electron chi connectivity index (χ0n) is 18.6. The summed E-state index contributed by atoms with van der Waals surface area (Å²) in [5.74, 6) is 4.21. The highest BCUT2D eigenvalue weighted by Crippen LogP contribution is 2.61. The third kappa shape index (κ3) is 4.39. The molecule has 0 aliphatic heterocycles. The van der Waals surface area contributed by atoms with Crippen LogP contribution in [0.2, 0.25) is 0 Å². The highest BCUT2D eigenvalue weighted by Gasteiger charge is 2.53. The fraction of sp³-hybridized carbons (Fsp3) is 0.577. The standard InChI is InChI=1S/C26H33NO3S/c1-17-3-5-19(6-4-17)15-31(29)16-23-7-8-24(30-23)25(28)27-18(2)26-12-20-9-21(13-26)11-22(10-20)14-26/h3-8,18,20-22H,9-16H2,1-2H3,(H,27,28)/t18-,20?,21?,22?,26?,31+/m1/s1. The van der Waals surface area contributed by atoms with Crippen LogP contribution in [0.3, 0.4) is 0 Å². The summed E-state index contributed by atoms with van der Waals surface area (Å²) < 4.78 is 18.3. The lowest BCUT2D eigenvalue weighted by molar-refractivity contribution is -0.0688. The highest BCUT2D eigenvalue weighted by atomic mass is 32.2. The first-order valence-electron chi connectivity index (χ1n) is 11.7. The molecule has 0 spiro atoms. The first-order valence-corrected chi connectivity index (χ1v) is 13.2. The second-order valence-corrected chi connectivity index (χ2v) is 11.9. The van der Waals surface area contributed by atoms with Crippen LogP contribution in [0.15, 0.2) is 40.8 Å². The monoisotopic (exact) mass is 439 g/mol. The fourth-order valence-electron chi connectivity index (χ4n) is 6.79. The highest BCUT2D eigenvalue weighted by molar-refractivity contribution is 7.83. The van der Waals surface area contributed by atoms with E-state index in [2.05, 4.69) is 12.2 Å². The van der Waals surface area contributed by atoms with Gasteiger partial charge in [0, 0.05) is 22.6 Å². The molecule has 2 atom stereocenters. The van der Waals surface area contributed by atoms with Gasteiger partial charge in [-0.15, -0.1) is 0 Å². The van der Waals surface area contributed by atoms with Gasteiger partial charge < -0.3 is 9.73 Å². The number of aryl methyl sites for hydroxylation is 1. The average Bonchev–Trinajstić information content (AvgIpc) is 3.17. The number of amides is 1. The second-order valence-electron chi connectivity index (χ2n) is 10.5. The van der Waals surface area contributed by atoms with Gasteiger partial charge in [0.1, 0.15) is 5.76 Å². The van der Waals surface area contributed by atoms with E-state index in [4.69, 9.17) is 4.42 Å². The third-order valence-electron chi connectivity index (χ3n) is 7.99. The van der Waals surface area contributed by atoms with Gasteiger partial charge in [-0.1, -0.05) is 29.8 Å². The molecule has 0 saturated heterocycles. The lowest BCUT2D eigenvalue weighted by Gasteiger charge is -2.59. The number of rotatable bonds is 7. The first kappa shape index (κ1) is 21.0. The predicted octanol–water partition coefficient (Wildman–Crippen LogP) is 5.37. The number of hydrogen-bond acceptors (Lipinski definition) is 3. The molecule has 0 unspecified atom stereocenters. The molecular weight excluding hydrogens is 406 g/mol. The Labute approximate surface area is 187 Å². The van der Waals surface area contributed by atoms with Crippen molar-refractivity contribution in [2.45, 2.75) is 69.9 Å². The van der Waals surface area contributed by atoms with Crippen molar-refractivity contribution in [3.8, 4) is 0 Å². The molecule has 4 fully saturated rings. The summed E-state index contributed by atoms with van der Waals surface area (Å²) >= 11 is 0. The van der Waals surface area contributed by atoms with Crippen molar-refractivity contribution < 1.29 is 13.4 Å². The summed E-state index contributed by atoms with van der Waals surface area (Å²) in [6.07, 6.45) is 8.01. The molecule has 1 aromatic heterocycles. The number of carbonyl (C=O) groups is 1. The van der Waals surface area contributed by atoms with E-state index < -0.39 is 10.8 Å². The third-order valence-corrected chi connectivity index (χ3v) is 9.25. The molecule has 4 aliphatic carbocycles. The molecule has 2 aromatic rings. The van der Waals surface area contributed by atoms with Gasteiger partial charge in [-0.3, -0.25) is 9.00 Å². The van der Waals surface area contributed by atoms with Crippen LogP contribution in [0.4, 0.5) is 0 Å². The van der Waals surface area contributed by atoms with Gasteiger partial charge in [0.2, 0.25) is 0 Å². The molecule has 31 heavy (non-hydrogen) atoms. The first-order chi connectivity index (χ1) is 14.9. The van der Waals surface area contributed by atoms with E-state index in [1.807, 2.05) is 31.2 Å². The Bertz CT molecular complexity index is 942. The van der Waals surface area contributed by atoms with Crippen molar-refractivity contribution in [2.75, 3.05) is 0 Å². The summed E-state index contributed by atoms with van der Waals surface area (Å²) in [4.78, 5) is 12.9. The Morgan fingerprint density at radius 3 is 2.26 bits per heavy atom. The lowest BCUT2D eigenvalue weighted by atomic mass is 9.48. The van der Waals surface area contributed by atoms with E-state index in [1.54, 1.807) is 12.1 Å². The summed E-state index contributed by atoms with van der Waals surface area (Å²) in [5, 5.41) is 3.26. The van der Waals surface area contributed by atoms with E-state index in [-0.39, 0.29) is 17.4 Å². The van der Waals surface area contributed by atoms with Crippen LogP contribution in [0.25, 0.3) is 0 Å². The van der Waals surface area contributed by atoms with E-state index in [0.29, 0.717) is 23.0 Å². The Morgan fingerprint density at radius 1 is 1.03 bits per heavy atom. The smallest absolute Gasteiger partial charge is 0.287 e. The topological polar surface area (TPSA) is 59.3 Å². The largest absolute Gasteiger partial charge is 0.455 e. The normalized spacial score (nSPS) is 30.8. The average molecular weight is 440 g/mol. The Hall–Kier alpha value is -1.88. The van der Waals surface area contributed by atoms with E-state index >= 15 is 0 Å². The fourth-order valence-corrected chi connectivity index (χ4v) is 7.93. The van der Waals surface area contributed by atoms with Crippen LogP contribution < -0.4 is 5.32 Å². The molecule has 6 rings (SSSR count). The number of hydrogen-bond donors (Lipinski definition) is 1. The Morgan fingerprint density at radius 2 is 1.65 bits per heavy atom. The Kier molecular flexibility index (Phi) is 5.58. The molecule has 4 bridgehead atoms. The number of benzene rings is 1. The van der Waals surface area contributed by atoms with Crippen LogP contribution >= 0.6 is 0 Å². The van der Waals surface area contributed by atoms with Crippen LogP contribution in [0.5, 0.6) is 0 Å². The molecule has 0 radical (unpaired) electrons. The molecule has 1 amide bonds. The minimum Gasteiger partial charge on any atom is -0.455 e. The zero-order chi connectivity index (χ0) is 21.6. The molecule has 166 valence electrons. The maximum atomic E-state index is 12.9. The Balaban J connectivity index is 1.18. The summed E-state index contributed by atoms with van der Waals surface area (Å²) in [6, 6.07) is 11.8. The number of carbonyl (C=O) groups excluding carboxylic acids is 1. The van der Waals surface area contributed by atoms with Crippen molar-refractivity contribution in [1.82, 2.24) is 5.32 Å². The van der Waals surface area contributed by atoms with Crippen molar-refractivity contribution >= 4 is 16.7 Å². The molecule has 4 nitrogen and oxygen atoms in total. The van der Waals surface area contributed by atoms with E-state index in [1.165, 1.54) is 44.1 Å².